The molecule has 2 saturated carbocycles. The van der Waals surface area contributed by atoms with Crippen LogP contribution in [0.4, 0.5) is 4.79 Å². The average Bonchev–Trinajstić information content (AvgIpc) is 4.04. The third-order valence-electron chi connectivity index (χ3n) is 10.9. The summed E-state index contributed by atoms with van der Waals surface area (Å²) in [5, 5.41) is 14.5. The first kappa shape index (κ1) is 38.3. The van der Waals surface area contributed by atoms with Crippen LogP contribution in [-0.4, -0.2) is 94.8 Å². The van der Waals surface area contributed by atoms with Crippen molar-refractivity contribution in [2.24, 2.45) is 17.8 Å². The molecule has 2 aliphatic heterocycles. The number of allylic oxidation sites excluding steroid dienone is 1. The molecule has 1 saturated heterocycles. The van der Waals surface area contributed by atoms with Crippen molar-refractivity contribution < 1.29 is 42.2 Å². The number of nitrogens with one attached hydrogen (secondary N) is 3. The van der Waals surface area contributed by atoms with Crippen molar-refractivity contribution in [3.63, 3.8) is 0 Å². The second-order valence-corrected chi connectivity index (χ2v) is 17.3. The van der Waals surface area contributed by atoms with Gasteiger partial charge in [-0.1, -0.05) is 46.3 Å². The summed E-state index contributed by atoms with van der Waals surface area (Å²) < 4.78 is 39.8. The smallest absolute Gasteiger partial charge is 0.405 e. The number of rotatable bonds is 9. The van der Waals surface area contributed by atoms with Crippen molar-refractivity contribution in [3.05, 3.63) is 36.0 Å². The monoisotopic (exact) mass is 754 g/mol. The Labute approximate surface area is 309 Å². The van der Waals surface area contributed by atoms with E-state index in [4.69, 9.17) is 19.4 Å². The first-order valence-electron chi connectivity index (χ1n) is 18.5. The van der Waals surface area contributed by atoms with Crippen LogP contribution in [0, 0.1) is 17.8 Å². The van der Waals surface area contributed by atoms with Crippen LogP contribution >= 0.6 is 0 Å². The summed E-state index contributed by atoms with van der Waals surface area (Å²) in [6.45, 7) is 7.78. The minimum Gasteiger partial charge on any atom is -0.497 e. The fourth-order valence-electron chi connectivity index (χ4n) is 7.63. The number of aromatic nitrogens is 2. The van der Waals surface area contributed by atoms with Gasteiger partial charge in [-0.3, -0.25) is 19.1 Å². The lowest BCUT2D eigenvalue weighted by Gasteiger charge is -2.33. The molecule has 3 heterocycles. The van der Waals surface area contributed by atoms with Gasteiger partial charge in [0, 0.05) is 24.3 Å². The van der Waals surface area contributed by atoms with Crippen LogP contribution in [0.5, 0.6) is 11.6 Å². The summed E-state index contributed by atoms with van der Waals surface area (Å²) in [4.78, 5) is 65.7. The van der Waals surface area contributed by atoms with E-state index in [1.807, 2.05) is 32.9 Å². The largest absolute Gasteiger partial charge is 0.497 e. The van der Waals surface area contributed by atoms with E-state index in [1.54, 1.807) is 25.3 Å². The lowest BCUT2D eigenvalue weighted by Crippen LogP contribution is -2.59. The number of fused-ring (bicyclic) bond motifs is 3. The van der Waals surface area contributed by atoms with E-state index in [-0.39, 0.29) is 43.0 Å². The third kappa shape index (κ3) is 8.21. The molecule has 0 unspecified atom stereocenters. The zero-order valence-corrected chi connectivity index (χ0v) is 31.6. The average molecular weight is 755 g/mol. The predicted octanol–water partition coefficient (Wildman–Crippen LogP) is 3.63. The van der Waals surface area contributed by atoms with Crippen molar-refractivity contribution in [1.29, 1.82) is 0 Å². The Morgan fingerprint density at radius 3 is 2.55 bits per heavy atom. The molecule has 4 aliphatic rings. The van der Waals surface area contributed by atoms with E-state index >= 15 is 0 Å². The number of hydrogen-bond donors (Lipinski definition) is 4. The van der Waals surface area contributed by atoms with Gasteiger partial charge in [0.2, 0.25) is 27.7 Å². The summed E-state index contributed by atoms with van der Waals surface area (Å²) in [6, 6.07) is 3.00. The second kappa shape index (κ2) is 15.1. The summed E-state index contributed by atoms with van der Waals surface area (Å²) in [5.74, 6) is -2.03. The maximum Gasteiger partial charge on any atom is 0.405 e. The molecular formula is C37H50N6O9S. The van der Waals surface area contributed by atoms with E-state index in [0.717, 1.165) is 6.42 Å². The number of hydrogen-bond acceptors (Lipinski definition) is 10. The Bertz CT molecular complexity index is 1900. The van der Waals surface area contributed by atoms with Crippen molar-refractivity contribution in [2.45, 2.75) is 114 Å². The fraction of sp³-hybridized carbons (Fsp3) is 0.622. The minimum absolute atomic E-state index is 0.00149. The molecule has 16 heteroatoms. The van der Waals surface area contributed by atoms with Gasteiger partial charge >= 0.3 is 6.09 Å². The van der Waals surface area contributed by atoms with Crippen LogP contribution in [0.25, 0.3) is 11.0 Å². The lowest BCUT2D eigenvalue weighted by molar-refractivity contribution is -0.142. The van der Waals surface area contributed by atoms with Gasteiger partial charge in [0.15, 0.2) is 0 Å². The zero-order chi connectivity index (χ0) is 38.2. The van der Waals surface area contributed by atoms with Gasteiger partial charge in [-0.25, -0.2) is 23.2 Å². The van der Waals surface area contributed by atoms with Gasteiger partial charge < -0.3 is 30.1 Å². The molecule has 0 spiro atoms. The highest BCUT2D eigenvalue weighted by Crippen LogP contribution is 2.46. The van der Waals surface area contributed by atoms with Crippen LogP contribution in [0.2, 0.25) is 0 Å². The number of amides is 4. The molecular weight excluding hydrogens is 705 g/mol. The third-order valence-corrected chi connectivity index (χ3v) is 12.8. The molecule has 1 aromatic heterocycles. The maximum absolute atomic E-state index is 14.6. The van der Waals surface area contributed by atoms with Crippen molar-refractivity contribution in [2.75, 3.05) is 13.7 Å². The van der Waals surface area contributed by atoms with Crippen LogP contribution in [0.3, 0.4) is 0 Å². The Morgan fingerprint density at radius 2 is 1.89 bits per heavy atom. The summed E-state index contributed by atoms with van der Waals surface area (Å²) >= 11 is 0. The zero-order valence-electron chi connectivity index (χ0n) is 30.8. The normalized spacial score (nSPS) is 29.4. The Morgan fingerprint density at radius 1 is 1.13 bits per heavy atom. The molecule has 288 valence electrons. The lowest BCUT2D eigenvalue weighted by atomic mass is 9.85. The number of carbonyl (C=O) groups is 4. The number of sulfonamides is 1. The standard InChI is InChI=1S/C37H50N6O9S/c1-6-22-15-21(4)9-7-8-10-23-18-37(23,35(46)42-53(49,50)26-12-13-26)41-32(44)29-17-25(19-43(29)34(45)31(22)40-36(47)48)52-33-30(20(2)3)38-27-14-11-24(51-5)16-28(27)39-33/h8,10-11,14,16,20-23,25-26,29,31,40H,6-7,9,12-13,15,17-19H2,1-5H3,(H,41,44)(H,42,46)(H,47,48)/t21-,22-,23-,25-,29+,31+,37-/m1/s1. The topological polar surface area (TPSA) is 206 Å². The Hall–Kier alpha value is -4.47. The van der Waals surface area contributed by atoms with Crippen LogP contribution in [-0.2, 0) is 24.4 Å². The van der Waals surface area contributed by atoms with Crippen molar-refractivity contribution in [3.8, 4) is 11.6 Å². The van der Waals surface area contributed by atoms with Gasteiger partial charge in [0.25, 0.3) is 5.91 Å². The molecule has 4 N–H and O–H groups in total. The second-order valence-electron chi connectivity index (χ2n) is 15.3. The van der Waals surface area contributed by atoms with Gasteiger partial charge in [-0.05, 0) is 62.5 Å². The minimum atomic E-state index is -3.91. The van der Waals surface area contributed by atoms with Gasteiger partial charge in [-0.15, -0.1) is 0 Å². The van der Waals surface area contributed by atoms with Crippen LogP contribution in [0.1, 0.15) is 90.7 Å². The molecule has 53 heavy (non-hydrogen) atoms. The van der Waals surface area contributed by atoms with Gasteiger partial charge in [-0.2, -0.15) is 0 Å². The molecule has 2 aliphatic carbocycles. The molecule has 1 aromatic carbocycles. The highest BCUT2D eigenvalue weighted by Gasteiger charge is 2.62. The molecule has 3 fully saturated rings. The summed E-state index contributed by atoms with van der Waals surface area (Å²) in [6.07, 6.45) is 5.25. The SMILES string of the molecule is CC[C@@H]1C[C@H](C)CCC=C[C@@H]2C[C@@]2(C(=O)NS(=O)(=O)C2CC2)NC(=O)[C@@H]2C[C@@H](Oc3nc4cc(OC)ccc4nc3C(C)C)CN2C(=O)[C@H]1NC(=O)O. The van der Waals surface area contributed by atoms with Crippen molar-refractivity contribution in [1.82, 2.24) is 30.2 Å². The van der Waals surface area contributed by atoms with Gasteiger partial charge in [0.1, 0.15) is 35.2 Å². The molecule has 4 amide bonds. The Kier molecular flexibility index (Phi) is 10.9. The van der Waals surface area contributed by atoms with E-state index in [0.29, 0.717) is 54.6 Å². The van der Waals surface area contributed by atoms with E-state index in [2.05, 4.69) is 22.3 Å². The number of carbonyl (C=O) groups excluding carboxylic acids is 3. The molecule has 2 aromatic rings. The molecule has 0 bridgehead atoms. The number of carboxylic acid groups (broad SMARTS) is 1. The number of methoxy groups -OCH3 is 1. The molecule has 0 radical (unpaired) electrons. The molecule has 15 nitrogen and oxygen atoms in total. The highest BCUT2D eigenvalue weighted by molar-refractivity contribution is 7.91. The Balaban J connectivity index is 1.36. The summed E-state index contributed by atoms with van der Waals surface area (Å²) in [5.41, 5.74) is 0.206. The first-order valence-corrected chi connectivity index (χ1v) is 20.1. The van der Waals surface area contributed by atoms with Gasteiger partial charge in [0.05, 0.1) is 29.9 Å². The highest BCUT2D eigenvalue weighted by atomic mass is 32.2. The number of nitrogens with zero attached hydrogens (tertiary/aromatic N) is 3. The molecule has 7 atom stereocenters. The van der Waals surface area contributed by atoms with Crippen LogP contribution < -0.4 is 24.8 Å². The summed E-state index contributed by atoms with van der Waals surface area (Å²) in [7, 11) is -2.36. The quantitative estimate of drug-likeness (QED) is 0.272. The molecule has 6 rings (SSSR count). The van der Waals surface area contributed by atoms with E-state index in [1.165, 1.54) is 4.90 Å². The first-order chi connectivity index (χ1) is 25.1. The van der Waals surface area contributed by atoms with Crippen LogP contribution in [0.15, 0.2) is 30.4 Å². The fourth-order valence-corrected chi connectivity index (χ4v) is 8.99. The predicted molar refractivity (Wildman–Crippen MR) is 195 cm³/mol. The number of ether oxygens (including phenoxy) is 2. The maximum atomic E-state index is 14.6. The number of benzene rings is 1. The van der Waals surface area contributed by atoms with E-state index < -0.39 is 68.7 Å². The van der Waals surface area contributed by atoms with Crippen molar-refractivity contribution >= 4 is 44.9 Å². The van der Waals surface area contributed by atoms with E-state index in [9.17, 15) is 32.7 Å².